The second-order valence-corrected chi connectivity index (χ2v) is 8.50. The van der Waals surface area contributed by atoms with E-state index in [1.807, 2.05) is 51.1 Å². The highest BCUT2D eigenvalue weighted by atomic mass is 32.2. The van der Waals surface area contributed by atoms with E-state index in [9.17, 15) is 4.79 Å². The molecule has 1 aliphatic heterocycles. The van der Waals surface area contributed by atoms with E-state index in [1.165, 1.54) is 0 Å². The topological polar surface area (TPSA) is 73.1 Å². The number of rotatable bonds is 6. The second-order valence-electron chi connectivity index (χ2n) is 7.42. The van der Waals surface area contributed by atoms with Crippen molar-refractivity contribution in [2.24, 2.45) is 4.99 Å². The quantitative estimate of drug-likeness (QED) is 0.507. The van der Waals surface area contributed by atoms with Crippen molar-refractivity contribution in [3.63, 3.8) is 0 Å². The number of nitrogens with one attached hydrogen (secondary N) is 1. The fraction of sp³-hybridized carbons (Fsp3) is 0.280. The lowest BCUT2D eigenvalue weighted by Crippen LogP contribution is -2.25. The first-order valence-corrected chi connectivity index (χ1v) is 11.5. The van der Waals surface area contributed by atoms with Crippen LogP contribution in [0.1, 0.15) is 25.0 Å². The lowest BCUT2D eigenvalue weighted by atomic mass is 9.96. The van der Waals surface area contributed by atoms with Gasteiger partial charge in [-0.1, -0.05) is 23.9 Å². The predicted molar refractivity (Wildman–Crippen MR) is 131 cm³/mol. The van der Waals surface area contributed by atoms with Gasteiger partial charge >= 0.3 is 0 Å². The Hall–Kier alpha value is -3.19. The van der Waals surface area contributed by atoms with E-state index in [2.05, 4.69) is 10.3 Å². The average Bonchev–Trinajstić information content (AvgIpc) is 3.45. The van der Waals surface area contributed by atoms with Crippen LogP contribution in [0.2, 0.25) is 0 Å². The van der Waals surface area contributed by atoms with Crippen molar-refractivity contribution in [1.29, 1.82) is 0 Å². The van der Waals surface area contributed by atoms with Crippen molar-refractivity contribution in [2.75, 3.05) is 26.0 Å². The molecule has 32 heavy (non-hydrogen) atoms. The van der Waals surface area contributed by atoms with Crippen LogP contribution in [0.25, 0.3) is 27.7 Å². The van der Waals surface area contributed by atoms with Crippen LogP contribution >= 0.6 is 11.8 Å². The zero-order valence-corrected chi connectivity index (χ0v) is 19.5. The molecular formula is C25H26N2O4S. The molecule has 0 bridgehead atoms. The van der Waals surface area contributed by atoms with Gasteiger partial charge < -0.3 is 19.2 Å². The molecule has 0 saturated heterocycles. The van der Waals surface area contributed by atoms with E-state index in [4.69, 9.17) is 13.9 Å². The van der Waals surface area contributed by atoms with E-state index < -0.39 is 0 Å². The number of fused-ring (bicyclic) bond motifs is 1. The van der Waals surface area contributed by atoms with Crippen LogP contribution in [0.5, 0.6) is 11.5 Å². The number of methoxy groups -OCH3 is 1. The van der Waals surface area contributed by atoms with Crippen LogP contribution in [0.4, 0.5) is 0 Å². The molecule has 1 aromatic heterocycles. The van der Waals surface area contributed by atoms with Gasteiger partial charge in [0.05, 0.1) is 26.5 Å². The fourth-order valence-electron chi connectivity index (χ4n) is 3.76. The molecule has 2 aromatic carbocycles. The molecule has 0 atom stereocenters. The van der Waals surface area contributed by atoms with Crippen LogP contribution in [0.15, 0.2) is 52.1 Å². The van der Waals surface area contributed by atoms with Gasteiger partial charge in [-0.25, -0.2) is 0 Å². The maximum Gasteiger partial charge on any atom is 0.250 e. The lowest BCUT2D eigenvalue weighted by Gasteiger charge is -2.15. The van der Waals surface area contributed by atoms with Crippen LogP contribution in [-0.2, 0) is 4.79 Å². The van der Waals surface area contributed by atoms with Crippen LogP contribution in [-0.4, -0.2) is 37.1 Å². The molecule has 7 heteroatoms. The van der Waals surface area contributed by atoms with Gasteiger partial charge in [0.2, 0.25) is 5.91 Å². The number of allylic oxidation sites excluding steroid dienone is 1. The first-order chi connectivity index (χ1) is 15.5. The third-order valence-corrected chi connectivity index (χ3v) is 6.21. The van der Waals surface area contributed by atoms with Gasteiger partial charge in [-0.3, -0.25) is 9.79 Å². The number of carbonyl (C=O) groups is 1. The summed E-state index contributed by atoms with van der Waals surface area (Å²) in [5.41, 5.74) is 5.35. The van der Waals surface area contributed by atoms with E-state index in [0.717, 1.165) is 62.6 Å². The van der Waals surface area contributed by atoms with Crippen molar-refractivity contribution in [3.8, 4) is 22.6 Å². The molecule has 166 valence electrons. The number of aryl methyl sites for hydroxylation is 1. The molecule has 0 radical (unpaired) electrons. The van der Waals surface area contributed by atoms with E-state index in [0.29, 0.717) is 11.8 Å². The SMILES string of the molecule is CCOc1c(/C(C)=C/C(=O)NC2=NCCS2)cc2c(-c3ccc(OC)cc3)coc2c1C. The number of hydrogen-bond acceptors (Lipinski definition) is 6. The Balaban J connectivity index is 1.78. The van der Waals surface area contributed by atoms with E-state index in [-0.39, 0.29) is 5.91 Å². The number of amides is 1. The minimum Gasteiger partial charge on any atom is -0.497 e. The molecule has 0 fully saturated rings. The highest BCUT2D eigenvalue weighted by Crippen LogP contribution is 2.41. The van der Waals surface area contributed by atoms with Crippen LogP contribution < -0.4 is 14.8 Å². The molecule has 2 heterocycles. The number of carbonyl (C=O) groups excluding carboxylic acids is 1. The Morgan fingerprint density at radius 2 is 2.09 bits per heavy atom. The van der Waals surface area contributed by atoms with Crippen molar-refractivity contribution >= 4 is 39.4 Å². The van der Waals surface area contributed by atoms with Crippen molar-refractivity contribution < 1.29 is 18.7 Å². The smallest absolute Gasteiger partial charge is 0.250 e. The zero-order valence-electron chi connectivity index (χ0n) is 18.7. The molecule has 4 rings (SSSR count). The zero-order chi connectivity index (χ0) is 22.7. The molecule has 6 nitrogen and oxygen atoms in total. The Kier molecular flexibility index (Phi) is 6.55. The standard InChI is InChI=1S/C25H26N2O4S/c1-5-30-23-16(3)24-20(21(14-31-24)17-6-8-18(29-4)9-7-17)13-19(23)15(2)12-22(28)27-25-26-10-11-32-25/h6-9,12-14H,5,10-11H2,1-4H3,(H,26,27,28)/b15-12+. The lowest BCUT2D eigenvalue weighted by molar-refractivity contribution is -0.115. The highest BCUT2D eigenvalue weighted by Gasteiger charge is 2.19. The number of amidine groups is 1. The summed E-state index contributed by atoms with van der Waals surface area (Å²) in [4.78, 5) is 16.8. The average molecular weight is 451 g/mol. The van der Waals surface area contributed by atoms with Crippen LogP contribution in [0, 0.1) is 6.92 Å². The molecule has 1 amide bonds. The summed E-state index contributed by atoms with van der Waals surface area (Å²) in [7, 11) is 1.65. The van der Waals surface area contributed by atoms with Gasteiger partial charge in [-0.05, 0) is 50.1 Å². The maximum atomic E-state index is 12.5. The van der Waals surface area contributed by atoms with Crippen molar-refractivity contribution in [3.05, 3.63) is 53.8 Å². The Bertz CT molecular complexity index is 1210. The minimum absolute atomic E-state index is 0.196. The number of furan rings is 1. The number of aliphatic imine (C=N–C) groups is 1. The Morgan fingerprint density at radius 1 is 1.31 bits per heavy atom. The fourth-order valence-corrected chi connectivity index (χ4v) is 4.49. The van der Waals surface area contributed by atoms with Gasteiger partial charge in [0.1, 0.15) is 17.1 Å². The highest BCUT2D eigenvalue weighted by molar-refractivity contribution is 8.14. The number of hydrogen-bond donors (Lipinski definition) is 1. The largest absolute Gasteiger partial charge is 0.497 e. The monoisotopic (exact) mass is 450 g/mol. The molecule has 0 unspecified atom stereocenters. The summed E-state index contributed by atoms with van der Waals surface area (Å²) in [5.74, 6) is 2.23. The third kappa shape index (κ3) is 4.39. The normalized spacial score (nSPS) is 13.9. The van der Waals surface area contributed by atoms with E-state index in [1.54, 1.807) is 31.2 Å². The first-order valence-electron chi connectivity index (χ1n) is 10.5. The summed E-state index contributed by atoms with van der Waals surface area (Å²) >= 11 is 1.56. The van der Waals surface area contributed by atoms with Gasteiger partial charge in [-0.2, -0.15) is 0 Å². The summed E-state index contributed by atoms with van der Waals surface area (Å²) < 4.78 is 17.2. The third-order valence-electron chi connectivity index (χ3n) is 5.32. The number of thioether (sulfide) groups is 1. The van der Waals surface area contributed by atoms with Gasteiger partial charge in [-0.15, -0.1) is 0 Å². The molecular weight excluding hydrogens is 424 g/mol. The van der Waals surface area contributed by atoms with Crippen LogP contribution in [0.3, 0.4) is 0 Å². The number of nitrogens with zero attached hydrogens (tertiary/aromatic N) is 1. The summed E-state index contributed by atoms with van der Waals surface area (Å²) in [6, 6.07) is 9.90. The van der Waals surface area contributed by atoms with Crippen molar-refractivity contribution in [1.82, 2.24) is 5.32 Å². The van der Waals surface area contributed by atoms with E-state index >= 15 is 0 Å². The van der Waals surface area contributed by atoms with Gasteiger partial charge in [0, 0.05) is 33.9 Å². The molecule has 0 saturated carbocycles. The predicted octanol–water partition coefficient (Wildman–Crippen LogP) is 5.44. The molecule has 1 aliphatic rings. The Labute approximate surface area is 191 Å². The number of benzene rings is 2. The summed E-state index contributed by atoms with van der Waals surface area (Å²) in [5, 5.41) is 4.49. The number of ether oxygens (including phenoxy) is 2. The second kappa shape index (κ2) is 9.53. The molecule has 3 aromatic rings. The minimum atomic E-state index is -0.196. The molecule has 0 aliphatic carbocycles. The first kappa shape index (κ1) is 22.0. The summed E-state index contributed by atoms with van der Waals surface area (Å²) in [6.45, 7) is 7.09. The van der Waals surface area contributed by atoms with Gasteiger partial charge in [0.15, 0.2) is 5.17 Å². The van der Waals surface area contributed by atoms with Gasteiger partial charge in [0.25, 0.3) is 0 Å². The molecule has 0 spiro atoms. The van der Waals surface area contributed by atoms with Crippen molar-refractivity contribution in [2.45, 2.75) is 20.8 Å². The Morgan fingerprint density at radius 3 is 2.75 bits per heavy atom. The maximum absolute atomic E-state index is 12.5. The molecule has 1 N–H and O–H groups in total. The summed E-state index contributed by atoms with van der Waals surface area (Å²) in [6.07, 6.45) is 3.36.